The van der Waals surface area contributed by atoms with Crippen molar-refractivity contribution in [1.29, 1.82) is 0 Å². The number of hydrogen-bond donors (Lipinski definition) is 2. The van der Waals surface area contributed by atoms with E-state index in [2.05, 4.69) is 15.1 Å². The molecule has 3 rings (SSSR count). The largest absolute Gasteiger partial charge is 0.411 e. The monoisotopic (exact) mass is 272 g/mol. The van der Waals surface area contributed by atoms with Gasteiger partial charge in [0.15, 0.2) is 0 Å². The first-order chi connectivity index (χ1) is 9.67. The Bertz CT molecular complexity index is 669. The summed E-state index contributed by atoms with van der Waals surface area (Å²) in [5.41, 5.74) is 8.59. The highest BCUT2D eigenvalue weighted by atomic mass is 19.1. The van der Waals surface area contributed by atoms with Gasteiger partial charge in [-0.25, -0.2) is 14.4 Å². The van der Waals surface area contributed by atoms with E-state index in [4.69, 9.17) is 10.9 Å². The zero-order valence-electron chi connectivity index (χ0n) is 10.6. The molecule has 1 atom stereocenters. The summed E-state index contributed by atoms with van der Waals surface area (Å²) in [7, 11) is 0. The second kappa shape index (κ2) is 4.88. The third kappa shape index (κ3) is 2.20. The predicted octanol–water partition coefficient (Wildman–Crippen LogP) is 2.11. The Morgan fingerprint density at radius 2 is 2.00 bits per heavy atom. The molecule has 1 heterocycles. The molecule has 0 amide bonds. The number of fused-ring (bicyclic) bond motifs is 1. The molecule has 2 aromatic rings. The van der Waals surface area contributed by atoms with Crippen LogP contribution in [0.5, 0.6) is 0 Å². The lowest BCUT2D eigenvalue weighted by molar-refractivity contribution is 0.316. The summed E-state index contributed by atoms with van der Waals surface area (Å²) in [6.45, 7) is 0. The quantitative estimate of drug-likeness (QED) is 0.615. The smallest absolute Gasteiger partial charge is 0.220 e. The van der Waals surface area contributed by atoms with Crippen LogP contribution in [-0.2, 0) is 6.42 Å². The summed E-state index contributed by atoms with van der Waals surface area (Å²) in [5.74, 6) is 0.0108. The van der Waals surface area contributed by atoms with Crippen LogP contribution in [0.2, 0.25) is 0 Å². The molecule has 0 aliphatic heterocycles. The maximum absolute atomic E-state index is 13.0. The zero-order chi connectivity index (χ0) is 14.1. The van der Waals surface area contributed by atoms with Crippen molar-refractivity contribution >= 4 is 11.7 Å². The van der Waals surface area contributed by atoms with Crippen LogP contribution in [0.4, 0.5) is 10.3 Å². The van der Waals surface area contributed by atoms with E-state index in [1.54, 1.807) is 18.3 Å². The lowest BCUT2D eigenvalue weighted by Crippen LogP contribution is -2.22. The van der Waals surface area contributed by atoms with Gasteiger partial charge in [-0.15, -0.1) is 0 Å². The summed E-state index contributed by atoms with van der Waals surface area (Å²) >= 11 is 0. The van der Waals surface area contributed by atoms with Crippen LogP contribution >= 0.6 is 0 Å². The Morgan fingerprint density at radius 3 is 2.70 bits per heavy atom. The highest BCUT2D eigenvalue weighted by Crippen LogP contribution is 2.32. The van der Waals surface area contributed by atoms with Crippen molar-refractivity contribution in [2.45, 2.75) is 18.8 Å². The van der Waals surface area contributed by atoms with Crippen LogP contribution in [0.25, 0.3) is 0 Å². The third-order valence-electron chi connectivity index (χ3n) is 3.54. The molecule has 0 bridgehead atoms. The normalized spacial score (nSPS) is 19.9. The summed E-state index contributed by atoms with van der Waals surface area (Å²) in [6.07, 6.45) is 2.79. The molecule has 3 N–H and O–H groups in total. The van der Waals surface area contributed by atoms with Crippen LogP contribution in [0, 0.1) is 5.82 Å². The average molecular weight is 272 g/mol. The molecule has 0 fully saturated rings. The Morgan fingerprint density at radius 1 is 1.25 bits per heavy atom. The fourth-order valence-corrected chi connectivity index (χ4v) is 2.54. The van der Waals surface area contributed by atoms with Crippen molar-refractivity contribution in [2.24, 2.45) is 5.16 Å². The molecular weight excluding hydrogens is 259 g/mol. The van der Waals surface area contributed by atoms with Crippen LogP contribution in [0.3, 0.4) is 0 Å². The Hall–Kier alpha value is -2.50. The lowest BCUT2D eigenvalue weighted by atomic mass is 9.82. The van der Waals surface area contributed by atoms with Crippen molar-refractivity contribution in [3.63, 3.8) is 0 Å². The van der Waals surface area contributed by atoms with Gasteiger partial charge in [0, 0.05) is 18.2 Å². The van der Waals surface area contributed by atoms with E-state index in [9.17, 15) is 4.39 Å². The number of benzene rings is 1. The van der Waals surface area contributed by atoms with Crippen molar-refractivity contribution < 1.29 is 9.60 Å². The van der Waals surface area contributed by atoms with Gasteiger partial charge < -0.3 is 10.9 Å². The number of oxime groups is 1. The first-order valence-electron chi connectivity index (χ1n) is 6.25. The van der Waals surface area contributed by atoms with E-state index < -0.39 is 0 Å². The van der Waals surface area contributed by atoms with Gasteiger partial charge >= 0.3 is 0 Å². The molecule has 1 aliphatic rings. The van der Waals surface area contributed by atoms with Crippen molar-refractivity contribution in [3.05, 3.63) is 53.1 Å². The highest BCUT2D eigenvalue weighted by molar-refractivity contribution is 6.02. The first kappa shape index (κ1) is 12.5. The molecule has 0 spiro atoms. The van der Waals surface area contributed by atoms with Gasteiger partial charge in [-0.3, -0.25) is 0 Å². The molecule has 0 radical (unpaired) electrons. The number of nitrogens with zero attached hydrogens (tertiary/aromatic N) is 3. The van der Waals surface area contributed by atoms with Gasteiger partial charge in [0.05, 0.1) is 11.4 Å². The minimum atomic E-state index is -0.271. The molecule has 5 nitrogen and oxygen atoms in total. The number of anilines is 1. The lowest BCUT2D eigenvalue weighted by Gasteiger charge is -2.24. The van der Waals surface area contributed by atoms with Crippen molar-refractivity contribution in [1.82, 2.24) is 9.97 Å². The molecule has 6 heteroatoms. The summed E-state index contributed by atoms with van der Waals surface area (Å²) in [6, 6.07) is 6.33. The van der Waals surface area contributed by atoms with E-state index in [0.717, 1.165) is 16.8 Å². The maximum atomic E-state index is 13.0. The topological polar surface area (TPSA) is 84.4 Å². The van der Waals surface area contributed by atoms with E-state index in [-0.39, 0.29) is 17.7 Å². The molecule has 20 heavy (non-hydrogen) atoms. The molecule has 1 aliphatic carbocycles. The molecule has 1 aromatic carbocycles. The summed E-state index contributed by atoms with van der Waals surface area (Å²) in [5, 5.41) is 12.5. The second-order valence-corrected chi connectivity index (χ2v) is 4.79. The maximum Gasteiger partial charge on any atom is 0.220 e. The highest BCUT2D eigenvalue weighted by Gasteiger charge is 2.27. The molecular formula is C14H13FN4O. The van der Waals surface area contributed by atoms with Gasteiger partial charge in [-0.05, 0) is 30.0 Å². The summed E-state index contributed by atoms with van der Waals surface area (Å²) < 4.78 is 13.0. The van der Waals surface area contributed by atoms with Crippen LogP contribution < -0.4 is 5.73 Å². The van der Waals surface area contributed by atoms with Gasteiger partial charge in [-0.1, -0.05) is 17.3 Å². The van der Waals surface area contributed by atoms with E-state index in [1.165, 1.54) is 12.1 Å². The van der Waals surface area contributed by atoms with Gasteiger partial charge in [0.2, 0.25) is 5.95 Å². The Kier molecular flexibility index (Phi) is 3.06. The van der Waals surface area contributed by atoms with Crippen LogP contribution in [-0.4, -0.2) is 20.9 Å². The number of nitrogens with two attached hydrogens (primary N) is 1. The number of nitrogen functional groups attached to an aromatic ring is 1. The molecule has 0 saturated heterocycles. The zero-order valence-corrected chi connectivity index (χ0v) is 10.6. The van der Waals surface area contributed by atoms with E-state index in [1.807, 2.05) is 0 Å². The Labute approximate surface area is 115 Å². The Balaban J connectivity index is 2.00. The average Bonchev–Trinajstić information content (AvgIpc) is 2.46. The summed E-state index contributed by atoms with van der Waals surface area (Å²) in [4.78, 5) is 8.13. The van der Waals surface area contributed by atoms with Gasteiger partial charge in [0.25, 0.3) is 0 Å². The first-order valence-corrected chi connectivity index (χ1v) is 6.25. The number of aromatic nitrogens is 2. The fraction of sp³-hybridized carbons (Fsp3) is 0.214. The second-order valence-electron chi connectivity index (χ2n) is 4.79. The van der Waals surface area contributed by atoms with Crippen LogP contribution in [0.1, 0.15) is 29.2 Å². The van der Waals surface area contributed by atoms with Gasteiger partial charge in [0.1, 0.15) is 5.82 Å². The third-order valence-corrected chi connectivity index (χ3v) is 3.54. The molecule has 102 valence electrons. The van der Waals surface area contributed by atoms with Gasteiger partial charge in [-0.2, -0.15) is 0 Å². The minimum absolute atomic E-state index is 0.0864. The molecule has 0 saturated carbocycles. The predicted molar refractivity (Wildman–Crippen MR) is 72.2 cm³/mol. The van der Waals surface area contributed by atoms with E-state index >= 15 is 0 Å². The standard InChI is InChI=1S/C14H13FN4O/c15-10-3-1-8(2-4-10)9-5-12-11(13(6-9)19-20)7-17-14(16)18-12/h1-4,7,9,20H,5-6H2,(H2,16,17,18). The fourth-order valence-electron chi connectivity index (χ4n) is 2.54. The number of halogens is 1. The van der Waals surface area contributed by atoms with Crippen molar-refractivity contribution in [3.8, 4) is 0 Å². The minimum Gasteiger partial charge on any atom is -0.411 e. The molecule has 1 unspecified atom stereocenters. The van der Waals surface area contributed by atoms with E-state index in [0.29, 0.717) is 18.6 Å². The SMILES string of the molecule is Nc1ncc2c(n1)CC(c1ccc(F)cc1)CC2=NO. The molecule has 1 aromatic heterocycles. The van der Waals surface area contributed by atoms with Crippen LogP contribution in [0.15, 0.2) is 35.6 Å². The van der Waals surface area contributed by atoms with Crippen molar-refractivity contribution in [2.75, 3.05) is 5.73 Å². The number of rotatable bonds is 1. The number of hydrogen-bond acceptors (Lipinski definition) is 5.